The van der Waals surface area contributed by atoms with Crippen LogP contribution in [-0.2, 0) is 11.3 Å². The van der Waals surface area contributed by atoms with Crippen molar-refractivity contribution in [3.05, 3.63) is 47.5 Å². The van der Waals surface area contributed by atoms with Gasteiger partial charge in [-0.15, -0.1) is 0 Å². The van der Waals surface area contributed by atoms with Crippen molar-refractivity contribution in [2.75, 3.05) is 13.6 Å². The molecule has 0 bridgehead atoms. The topological polar surface area (TPSA) is 105 Å². The number of nitrogens with zero attached hydrogens (tertiary/aromatic N) is 4. The number of guanidine groups is 1. The minimum absolute atomic E-state index is 0.0372. The van der Waals surface area contributed by atoms with Crippen molar-refractivity contribution in [1.82, 2.24) is 30.7 Å². The van der Waals surface area contributed by atoms with E-state index >= 15 is 0 Å². The van der Waals surface area contributed by atoms with E-state index in [-0.39, 0.29) is 12.1 Å². The Balaban J connectivity index is 1.66. The molecule has 2 unspecified atom stereocenters. The summed E-state index contributed by atoms with van der Waals surface area (Å²) in [6.07, 6.45) is 1.52. The summed E-state index contributed by atoms with van der Waals surface area (Å²) in [5, 5.41) is 14.2. The quantitative estimate of drug-likeness (QED) is 0.501. The van der Waals surface area contributed by atoms with Gasteiger partial charge in [0.2, 0.25) is 0 Å². The van der Waals surface area contributed by atoms with E-state index in [4.69, 9.17) is 4.74 Å². The van der Waals surface area contributed by atoms with Crippen LogP contribution >= 0.6 is 0 Å². The zero-order valence-electron chi connectivity index (χ0n) is 19.0. The number of alkyl carbamates (subject to hydrolysis) is 1. The van der Waals surface area contributed by atoms with Gasteiger partial charge in [-0.05, 0) is 46.1 Å². The molecule has 1 aromatic heterocycles. The number of benzene rings is 1. The van der Waals surface area contributed by atoms with Crippen molar-refractivity contribution in [2.24, 2.45) is 4.99 Å². The Morgan fingerprint density at radius 1 is 1.32 bits per heavy atom. The molecule has 0 spiro atoms. The normalized spacial score (nSPS) is 17.5. The van der Waals surface area contributed by atoms with Crippen molar-refractivity contribution >= 4 is 12.1 Å². The van der Waals surface area contributed by atoms with Crippen molar-refractivity contribution in [3.8, 4) is 0 Å². The molecule has 0 aliphatic carbocycles. The van der Waals surface area contributed by atoms with Crippen LogP contribution < -0.4 is 16.0 Å². The van der Waals surface area contributed by atoms with Crippen LogP contribution in [0.3, 0.4) is 0 Å². The number of aliphatic imine (C=N–C) groups is 1. The van der Waals surface area contributed by atoms with Crippen LogP contribution in [0.15, 0.2) is 35.3 Å². The Morgan fingerprint density at radius 3 is 2.74 bits per heavy atom. The molecule has 2 atom stereocenters. The number of rotatable bonds is 5. The van der Waals surface area contributed by atoms with Gasteiger partial charge in [-0.1, -0.05) is 30.3 Å². The van der Waals surface area contributed by atoms with Crippen LogP contribution in [-0.4, -0.2) is 46.0 Å². The number of aromatic nitrogens is 3. The molecule has 0 saturated carbocycles. The Kier molecular flexibility index (Phi) is 7.14. The summed E-state index contributed by atoms with van der Waals surface area (Å²) in [6.45, 7) is 8.77. The second-order valence-corrected chi connectivity index (χ2v) is 8.64. The summed E-state index contributed by atoms with van der Waals surface area (Å²) >= 11 is 0. The third kappa shape index (κ3) is 6.44. The first-order valence-corrected chi connectivity index (χ1v) is 10.7. The molecule has 2 aromatic rings. The van der Waals surface area contributed by atoms with Crippen molar-refractivity contribution in [2.45, 2.75) is 64.8 Å². The van der Waals surface area contributed by atoms with Gasteiger partial charge < -0.3 is 20.7 Å². The lowest BCUT2D eigenvalue weighted by molar-refractivity contribution is 0.0504. The van der Waals surface area contributed by atoms with E-state index in [2.05, 4.69) is 31.0 Å². The summed E-state index contributed by atoms with van der Waals surface area (Å²) in [5.74, 6) is 2.35. The van der Waals surface area contributed by atoms with E-state index in [1.165, 1.54) is 0 Å². The van der Waals surface area contributed by atoms with Crippen molar-refractivity contribution in [1.29, 1.82) is 0 Å². The number of amides is 1. The van der Waals surface area contributed by atoms with Crippen LogP contribution in [0, 0.1) is 6.92 Å². The van der Waals surface area contributed by atoms with Gasteiger partial charge in [-0.2, -0.15) is 5.10 Å². The van der Waals surface area contributed by atoms with E-state index < -0.39 is 11.7 Å². The third-order valence-corrected chi connectivity index (χ3v) is 4.88. The molecule has 31 heavy (non-hydrogen) atoms. The van der Waals surface area contributed by atoms with Gasteiger partial charge in [0.1, 0.15) is 17.2 Å². The predicted octanol–water partition coefficient (Wildman–Crippen LogP) is 2.85. The molecule has 0 radical (unpaired) electrons. The second-order valence-electron chi connectivity index (χ2n) is 8.64. The Morgan fingerprint density at radius 2 is 2.06 bits per heavy atom. The fraction of sp³-hybridized carbons (Fsp3) is 0.545. The minimum Gasteiger partial charge on any atom is -0.444 e. The van der Waals surface area contributed by atoms with Crippen molar-refractivity contribution < 1.29 is 9.53 Å². The van der Waals surface area contributed by atoms with E-state index in [0.717, 1.165) is 36.6 Å². The molecule has 0 fully saturated rings. The van der Waals surface area contributed by atoms with Crippen molar-refractivity contribution in [3.63, 3.8) is 0 Å². The lowest BCUT2D eigenvalue weighted by Crippen LogP contribution is -2.45. The Labute approximate surface area is 183 Å². The highest BCUT2D eigenvalue weighted by Crippen LogP contribution is 2.23. The predicted molar refractivity (Wildman–Crippen MR) is 120 cm³/mol. The summed E-state index contributed by atoms with van der Waals surface area (Å²) in [4.78, 5) is 21.3. The van der Waals surface area contributed by atoms with Gasteiger partial charge >= 0.3 is 6.09 Å². The molecule has 9 heteroatoms. The maximum absolute atomic E-state index is 12.4. The highest BCUT2D eigenvalue weighted by Gasteiger charge is 2.25. The fourth-order valence-electron chi connectivity index (χ4n) is 3.55. The van der Waals surface area contributed by atoms with Gasteiger partial charge in [0.15, 0.2) is 5.96 Å². The smallest absolute Gasteiger partial charge is 0.408 e. The Bertz CT molecular complexity index is 902. The number of aryl methyl sites for hydroxylation is 2. The molecule has 3 rings (SSSR count). The van der Waals surface area contributed by atoms with Crippen LogP contribution in [0.25, 0.3) is 0 Å². The largest absolute Gasteiger partial charge is 0.444 e. The second kappa shape index (κ2) is 9.80. The van der Waals surface area contributed by atoms with Crippen LogP contribution in [0.5, 0.6) is 0 Å². The van der Waals surface area contributed by atoms with E-state index in [1.807, 2.05) is 62.7 Å². The van der Waals surface area contributed by atoms with Crippen LogP contribution in [0.4, 0.5) is 4.79 Å². The van der Waals surface area contributed by atoms with E-state index in [0.29, 0.717) is 12.5 Å². The number of hydrogen-bond acceptors (Lipinski definition) is 5. The molecule has 1 aliphatic heterocycles. The van der Waals surface area contributed by atoms with Crippen LogP contribution in [0.1, 0.15) is 62.9 Å². The van der Waals surface area contributed by atoms with Gasteiger partial charge in [-0.25, -0.2) is 14.5 Å². The van der Waals surface area contributed by atoms with Gasteiger partial charge in [0.05, 0.1) is 12.1 Å². The minimum atomic E-state index is -0.564. The van der Waals surface area contributed by atoms with E-state index in [1.54, 1.807) is 7.05 Å². The average Bonchev–Trinajstić information content (AvgIpc) is 3.10. The standard InChI is InChI=1S/C22H33N7O2/c1-15-25-19-17(12-9-13-29(19)28-15)26-20(23-5)24-14-18(16-10-7-6-8-11-16)27-21(30)31-22(2,3)4/h6-8,10-11,17-18H,9,12-14H2,1-5H3,(H,27,30)(H2,23,24,26). The number of ether oxygens (including phenoxy) is 1. The molecule has 3 N–H and O–H groups in total. The molecule has 1 aromatic carbocycles. The van der Waals surface area contributed by atoms with Gasteiger partial charge in [-0.3, -0.25) is 4.99 Å². The molecule has 168 valence electrons. The molecular formula is C22H33N7O2. The van der Waals surface area contributed by atoms with E-state index in [9.17, 15) is 4.79 Å². The number of carbonyl (C=O) groups is 1. The molecule has 1 amide bonds. The lowest BCUT2D eigenvalue weighted by atomic mass is 10.1. The lowest BCUT2D eigenvalue weighted by Gasteiger charge is -2.27. The van der Waals surface area contributed by atoms with Gasteiger partial charge in [0.25, 0.3) is 0 Å². The zero-order valence-corrected chi connectivity index (χ0v) is 19.0. The zero-order chi connectivity index (χ0) is 22.4. The molecule has 2 heterocycles. The first-order chi connectivity index (χ1) is 14.7. The first-order valence-electron chi connectivity index (χ1n) is 10.7. The molecule has 1 aliphatic rings. The first kappa shape index (κ1) is 22.6. The molecule has 0 saturated heterocycles. The third-order valence-electron chi connectivity index (χ3n) is 4.88. The Hall–Kier alpha value is -3.10. The SMILES string of the molecule is CN=C(NCC(NC(=O)OC(C)(C)C)c1ccccc1)NC1CCCn2nc(C)nc21. The van der Waals surface area contributed by atoms with Crippen LogP contribution in [0.2, 0.25) is 0 Å². The maximum Gasteiger partial charge on any atom is 0.408 e. The van der Waals surface area contributed by atoms with Gasteiger partial charge in [0, 0.05) is 20.1 Å². The maximum atomic E-state index is 12.4. The number of nitrogens with one attached hydrogen (secondary N) is 3. The molecular weight excluding hydrogens is 394 g/mol. The monoisotopic (exact) mass is 427 g/mol. The summed E-state index contributed by atoms with van der Waals surface area (Å²) in [6, 6.07) is 9.55. The average molecular weight is 428 g/mol. The molecule has 9 nitrogen and oxygen atoms in total. The number of fused-ring (bicyclic) bond motifs is 1. The summed E-state index contributed by atoms with van der Waals surface area (Å²) in [7, 11) is 1.73. The fourth-order valence-corrected chi connectivity index (χ4v) is 3.55. The highest BCUT2D eigenvalue weighted by molar-refractivity contribution is 5.80. The highest BCUT2D eigenvalue weighted by atomic mass is 16.6. The summed E-state index contributed by atoms with van der Waals surface area (Å²) < 4.78 is 7.40. The summed E-state index contributed by atoms with van der Waals surface area (Å²) in [5.41, 5.74) is 0.412. The number of hydrogen-bond donors (Lipinski definition) is 3. The number of carbonyl (C=O) groups excluding carboxylic acids is 1.